The monoisotopic (exact) mass is 421 g/mol. The van der Waals surface area contributed by atoms with Gasteiger partial charge in [0.25, 0.3) is 0 Å². The molecule has 0 N–H and O–H groups in total. The average molecular weight is 422 g/mol. The largest absolute Gasteiger partial charge is 0.340 e. The van der Waals surface area contributed by atoms with E-state index in [9.17, 15) is 13.2 Å². The smallest absolute Gasteiger partial charge is 0.243 e. The lowest BCUT2D eigenvalue weighted by molar-refractivity contribution is -0.131. The number of carbonyl (C=O) groups is 1. The van der Waals surface area contributed by atoms with E-state index in [1.807, 2.05) is 24.4 Å². The maximum absolute atomic E-state index is 12.9. The van der Waals surface area contributed by atoms with E-state index in [-0.39, 0.29) is 17.7 Å². The van der Waals surface area contributed by atoms with Gasteiger partial charge in [0, 0.05) is 31.6 Å². The number of aryl methyl sites for hydroxylation is 1. The van der Waals surface area contributed by atoms with Crippen LogP contribution in [0.2, 0.25) is 0 Å². The van der Waals surface area contributed by atoms with Gasteiger partial charge in [0.1, 0.15) is 0 Å². The number of rotatable bonds is 4. The van der Waals surface area contributed by atoms with Crippen LogP contribution in [0, 0.1) is 6.92 Å². The van der Waals surface area contributed by atoms with Crippen molar-refractivity contribution in [2.24, 2.45) is 0 Å². The molecule has 1 fully saturated rings. The standard InChI is InChI=1S/C20H27N3O3S2/c1-15-21-17(14-27-15)13-19(24)22-9-11-23(12-10-22)28(25,26)18-7-5-16(6-8-18)20(2,3)4/h5-8,14H,9-13H2,1-4H3. The summed E-state index contributed by atoms with van der Waals surface area (Å²) in [4.78, 5) is 18.8. The Morgan fingerprint density at radius 1 is 1.11 bits per heavy atom. The number of carbonyl (C=O) groups excluding carboxylic acids is 1. The second-order valence-electron chi connectivity index (χ2n) is 8.09. The van der Waals surface area contributed by atoms with Crippen LogP contribution in [0.4, 0.5) is 0 Å². The lowest BCUT2D eigenvalue weighted by Gasteiger charge is -2.34. The lowest BCUT2D eigenvalue weighted by Crippen LogP contribution is -2.50. The molecule has 152 valence electrons. The van der Waals surface area contributed by atoms with Crippen molar-refractivity contribution in [1.29, 1.82) is 0 Å². The summed E-state index contributed by atoms with van der Waals surface area (Å²) in [5.41, 5.74) is 1.85. The topological polar surface area (TPSA) is 70.6 Å². The zero-order valence-electron chi connectivity index (χ0n) is 16.8. The SMILES string of the molecule is Cc1nc(CC(=O)N2CCN(S(=O)(=O)c3ccc(C(C)(C)C)cc3)CC2)cs1. The van der Waals surface area contributed by atoms with Crippen molar-refractivity contribution < 1.29 is 13.2 Å². The third-order valence-corrected chi connectivity index (χ3v) is 7.68. The highest BCUT2D eigenvalue weighted by atomic mass is 32.2. The second-order valence-corrected chi connectivity index (χ2v) is 11.1. The molecule has 2 aromatic rings. The molecule has 8 heteroatoms. The van der Waals surface area contributed by atoms with Gasteiger partial charge in [-0.05, 0) is 30.0 Å². The molecule has 3 rings (SSSR count). The van der Waals surface area contributed by atoms with Crippen molar-refractivity contribution in [2.75, 3.05) is 26.2 Å². The number of amides is 1. The average Bonchev–Trinajstić information content (AvgIpc) is 3.06. The molecule has 1 aliphatic rings. The quantitative estimate of drug-likeness (QED) is 0.761. The van der Waals surface area contributed by atoms with Crippen molar-refractivity contribution in [3.63, 3.8) is 0 Å². The summed E-state index contributed by atoms with van der Waals surface area (Å²) in [5, 5.41) is 2.84. The van der Waals surface area contributed by atoms with Crippen LogP contribution in [-0.2, 0) is 26.7 Å². The molecule has 0 radical (unpaired) electrons. The van der Waals surface area contributed by atoms with Crippen LogP contribution in [0.1, 0.15) is 37.0 Å². The molecular weight excluding hydrogens is 394 g/mol. The lowest BCUT2D eigenvalue weighted by atomic mass is 9.87. The molecule has 1 amide bonds. The first-order valence-corrected chi connectivity index (χ1v) is 11.7. The summed E-state index contributed by atoms with van der Waals surface area (Å²) in [6.45, 7) is 9.63. The van der Waals surface area contributed by atoms with E-state index in [1.165, 1.54) is 15.6 Å². The predicted molar refractivity (Wildman–Crippen MR) is 111 cm³/mol. The third kappa shape index (κ3) is 4.61. The minimum absolute atomic E-state index is 0.00289. The van der Waals surface area contributed by atoms with E-state index in [1.54, 1.807) is 17.0 Å². The Labute approximate surface area is 171 Å². The minimum Gasteiger partial charge on any atom is -0.340 e. The molecule has 0 spiro atoms. The van der Waals surface area contributed by atoms with E-state index in [0.717, 1.165) is 16.3 Å². The first-order chi connectivity index (χ1) is 13.1. The molecule has 1 aliphatic heterocycles. The van der Waals surface area contributed by atoms with Crippen molar-refractivity contribution in [3.05, 3.63) is 45.9 Å². The fourth-order valence-electron chi connectivity index (χ4n) is 3.21. The van der Waals surface area contributed by atoms with Crippen LogP contribution < -0.4 is 0 Å². The highest BCUT2D eigenvalue weighted by Gasteiger charge is 2.30. The first-order valence-electron chi connectivity index (χ1n) is 9.37. The second kappa shape index (κ2) is 7.93. The van der Waals surface area contributed by atoms with Crippen LogP contribution >= 0.6 is 11.3 Å². The molecule has 1 aromatic carbocycles. The van der Waals surface area contributed by atoms with Gasteiger partial charge in [-0.2, -0.15) is 4.31 Å². The Hall–Kier alpha value is -1.77. The fourth-order valence-corrected chi connectivity index (χ4v) is 5.24. The van der Waals surface area contributed by atoms with Gasteiger partial charge in [-0.15, -0.1) is 11.3 Å². The number of thiazole rings is 1. The summed E-state index contributed by atoms with van der Waals surface area (Å²) in [6.07, 6.45) is 0.269. The number of hydrogen-bond donors (Lipinski definition) is 0. The van der Waals surface area contributed by atoms with E-state index in [2.05, 4.69) is 25.8 Å². The van der Waals surface area contributed by atoms with Crippen LogP contribution in [-0.4, -0.2) is 54.7 Å². The van der Waals surface area contributed by atoms with Crippen LogP contribution in [0.3, 0.4) is 0 Å². The van der Waals surface area contributed by atoms with Crippen molar-refractivity contribution >= 4 is 27.3 Å². The molecule has 0 bridgehead atoms. The molecule has 0 saturated carbocycles. The van der Waals surface area contributed by atoms with Gasteiger partial charge in [-0.25, -0.2) is 13.4 Å². The molecule has 28 heavy (non-hydrogen) atoms. The third-order valence-electron chi connectivity index (χ3n) is 4.95. The van der Waals surface area contributed by atoms with Gasteiger partial charge < -0.3 is 4.90 Å². The number of aromatic nitrogens is 1. The molecule has 0 atom stereocenters. The molecular formula is C20H27N3O3S2. The van der Waals surface area contributed by atoms with E-state index in [4.69, 9.17) is 0 Å². The van der Waals surface area contributed by atoms with E-state index >= 15 is 0 Å². The number of nitrogens with zero attached hydrogens (tertiary/aromatic N) is 3. The normalized spacial score (nSPS) is 16.4. The summed E-state index contributed by atoms with van der Waals surface area (Å²) < 4.78 is 27.3. The Morgan fingerprint density at radius 3 is 2.21 bits per heavy atom. The van der Waals surface area contributed by atoms with Crippen LogP contribution in [0.15, 0.2) is 34.5 Å². The van der Waals surface area contributed by atoms with Gasteiger partial charge in [-0.1, -0.05) is 32.9 Å². The minimum atomic E-state index is -3.54. The predicted octanol–water partition coefficient (Wildman–Crippen LogP) is 2.82. The highest BCUT2D eigenvalue weighted by molar-refractivity contribution is 7.89. The number of benzene rings is 1. The Balaban J connectivity index is 1.62. The van der Waals surface area contributed by atoms with Gasteiger partial charge in [-0.3, -0.25) is 4.79 Å². The molecule has 2 heterocycles. The molecule has 1 saturated heterocycles. The number of sulfonamides is 1. The number of hydrogen-bond acceptors (Lipinski definition) is 5. The van der Waals surface area contributed by atoms with Gasteiger partial charge in [0.05, 0.1) is 22.0 Å². The zero-order valence-corrected chi connectivity index (χ0v) is 18.4. The molecule has 1 aromatic heterocycles. The summed E-state index contributed by atoms with van der Waals surface area (Å²) in [5.74, 6) is -0.00289. The first kappa shape index (κ1) is 21.0. The summed E-state index contributed by atoms with van der Waals surface area (Å²) >= 11 is 1.53. The summed E-state index contributed by atoms with van der Waals surface area (Å²) in [6, 6.07) is 7.11. The molecule has 0 aliphatic carbocycles. The Kier molecular flexibility index (Phi) is 5.93. The number of piperazine rings is 1. The maximum Gasteiger partial charge on any atom is 0.243 e. The maximum atomic E-state index is 12.9. The van der Waals surface area contributed by atoms with Crippen molar-refractivity contribution in [2.45, 2.75) is 44.4 Å². The van der Waals surface area contributed by atoms with E-state index in [0.29, 0.717) is 31.1 Å². The van der Waals surface area contributed by atoms with Crippen molar-refractivity contribution in [1.82, 2.24) is 14.2 Å². The van der Waals surface area contributed by atoms with E-state index < -0.39 is 10.0 Å². The summed E-state index contributed by atoms with van der Waals surface area (Å²) in [7, 11) is -3.54. The fraction of sp³-hybridized carbons (Fsp3) is 0.500. The molecule has 0 unspecified atom stereocenters. The highest BCUT2D eigenvalue weighted by Crippen LogP contribution is 2.25. The van der Waals surface area contributed by atoms with Crippen LogP contribution in [0.25, 0.3) is 0 Å². The van der Waals surface area contributed by atoms with Gasteiger partial charge >= 0.3 is 0 Å². The van der Waals surface area contributed by atoms with Gasteiger partial charge in [0.15, 0.2) is 0 Å². The molecule has 6 nitrogen and oxygen atoms in total. The Bertz CT molecular complexity index is 936. The van der Waals surface area contributed by atoms with Crippen LogP contribution in [0.5, 0.6) is 0 Å². The Morgan fingerprint density at radius 2 is 1.71 bits per heavy atom. The van der Waals surface area contributed by atoms with Crippen molar-refractivity contribution in [3.8, 4) is 0 Å². The zero-order chi connectivity index (χ0) is 20.5. The van der Waals surface area contributed by atoms with Gasteiger partial charge in [0.2, 0.25) is 15.9 Å².